The molecule has 2 nitrogen and oxygen atoms in total. The number of hydrogen-bond acceptors (Lipinski definition) is 2. The third-order valence-electron chi connectivity index (χ3n) is 4.50. The lowest BCUT2D eigenvalue weighted by Crippen LogP contribution is -2.43. The molecule has 0 aliphatic heterocycles. The topological polar surface area (TPSA) is 29.3 Å². The summed E-state index contributed by atoms with van der Waals surface area (Å²) in [7, 11) is 0. The standard InChI is InChI=1S/C17H28N2/c1-3-13-19(17-12-8-6-10-15(17)18)16-11-7-5-9-14(16)4-2/h6,8,10,12,14,16H,3-5,7,9,11,13,18H2,1-2H3. The average molecular weight is 260 g/mol. The number of anilines is 2. The van der Waals surface area contributed by atoms with E-state index in [0.29, 0.717) is 6.04 Å². The first-order valence-corrected chi connectivity index (χ1v) is 7.89. The highest BCUT2D eigenvalue weighted by Gasteiger charge is 2.29. The summed E-state index contributed by atoms with van der Waals surface area (Å²) in [6.07, 6.45) is 7.95. The van der Waals surface area contributed by atoms with Gasteiger partial charge in [0.1, 0.15) is 0 Å². The van der Waals surface area contributed by atoms with Crippen molar-refractivity contribution in [1.82, 2.24) is 0 Å². The average Bonchev–Trinajstić information content (AvgIpc) is 2.46. The Morgan fingerprint density at radius 2 is 1.89 bits per heavy atom. The molecule has 0 radical (unpaired) electrons. The third kappa shape index (κ3) is 3.23. The van der Waals surface area contributed by atoms with Gasteiger partial charge in [-0.05, 0) is 37.3 Å². The molecule has 0 bridgehead atoms. The molecule has 2 heteroatoms. The van der Waals surface area contributed by atoms with Gasteiger partial charge in [-0.25, -0.2) is 0 Å². The van der Waals surface area contributed by atoms with Crippen molar-refractivity contribution < 1.29 is 0 Å². The summed E-state index contributed by atoms with van der Waals surface area (Å²) in [6.45, 7) is 5.72. The number of rotatable bonds is 5. The smallest absolute Gasteiger partial charge is 0.0602 e. The van der Waals surface area contributed by atoms with Crippen LogP contribution in [0.2, 0.25) is 0 Å². The van der Waals surface area contributed by atoms with E-state index in [-0.39, 0.29) is 0 Å². The monoisotopic (exact) mass is 260 g/mol. The van der Waals surface area contributed by atoms with E-state index in [0.717, 1.165) is 18.2 Å². The van der Waals surface area contributed by atoms with Crippen LogP contribution < -0.4 is 10.6 Å². The van der Waals surface area contributed by atoms with E-state index < -0.39 is 0 Å². The molecule has 1 aliphatic rings. The van der Waals surface area contributed by atoms with Crippen LogP contribution in [0, 0.1) is 5.92 Å². The first-order valence-electron chi connectivity index (χ1n) is 7.89. The Morgan fingerprint density at radius 1 is 1.16 bits per heavy atom. The summed E-state index contributed by atoms with van der Waals surface area (Å²) in [6, 6.07) is 9.04. The highest BCUT2D eigenvalue weighted by atomic mass is 15.2. The summed E-state index contributed by atoms with van der Waals surface area (Å²) in [5.74, 6) is 0.833. The van der Waals surface area contributed by atoms with Crippen molar-refractivity contribution in [2.75, 3.05) is 17.2 Å². The molecule has 0 spiro atoms. The van der Waals surface area contributed by atoms with Crippen molar-refractivity contribution in [2.45, 2.75) is 58.4 Å². The van der Waals surface area contributed by atoms with Crippen molar-refractivity contribution >= 4 is 11.4 Å². The van der Waals surface area contributed by atoms with E-state index in [2.05, 4.69) is 30.9 Å². The molecule has 19 heavy (non-hydrogen) atoms. The highest BCUT2D eigenvalue weighted by Crippen LogP contribution is 2.35. The lowest BCUT2D eigenvalue weighted by molar-refractivity contribution is 0.285. The summed E-state index contributed by atoms with van der Waals surface area (Å²) in [5.41, 5.74) is 8.38. The van der Waals surface area contributed by atoms with Crippen LogP contribution in [-0.2, 0) is 0 Å². The number of para-hydroxylation sites is 2. The molecule has 1 fully saturated rings. The zero-order valence-corrected chi connectivity index (χ0v) is 12.4. The predicted octanol–water partition coefficient (Wildman–Crippen LogP) is 4.45. The van der Waals surface area contributed by atoms with E-state index in [4.69, 9.17) is 5.73 Å². The molecule has 1 saturated carbocycles. The van der Waals surface area contributed by atoms with Crippen molar-refractivity contribution in [3.63, 3.8) is 0 Å². The molecule has 2 unspecified atom stereocenters. The van der Waals surface area contributed by atoms with Gasteiger partial charge in [0.25, 0.3) is 0 Å². The van der Waals surface area contributed by atoms with E-state index in [9.17, 15) is 0 Å². The van der Waals surface area contributed by atoms with Gasteiger partial charge in [-0.2, -0.15) is 0 Å². The van der Waals surface area contributed by atoms with Gasteiger partial charge < -0.3 is 10.6 Å². The van der Waals surface area contributed by atoms with E-state index >= 15 is 0 Å². The van der Waals surface area contributed by atoms with Crippen LogP contribution in [0.5, 0.6) is 0 Å². The molecule has 1 aliphatic carbocycles. The van der Waals surface area contributed by atoms with Crippen LogP contribution in [0.1, 0.15) is 52.4 Å². The van der Waals surface area contributed by atoms with Gasteiger partial charge in [-0.3, -0.25) is 0 Å². The zero-order chi connectivity index (χ0) is 13.7. The Kier molecular flexibility index (Phi) is 5.12. The fraction of sp³-hybridized carbons (Fsp3) is 0.647. The minimum atomic E-state index is 0.684. The first-order chi connectivity index (χ1) is 9.27. The fourth-order valence-electron chi connectivity index (χ4n) is 3.53. The Bertz CT molecular complexity index is 389. The second-order valence-corrected chi connectivity index (χ2v) is 5.77. The van der Waals surface area contributed by atoms with Gasteiger partial charge in [0.15, 0.2) is 0 Å². The molecular weight excluding hydrogens is 232 g/mol. The second kappa shape index (κ2) is 6.83. The Balaban J connectivity index is 2.26. The van der Waals surface area contributed by atoms with E-state index in [1.165, 1.54) is 44.2 Å². The first kappa shape index (κ1) is 14.2. The molecule has 2 N–H and O–H groups in total. The number of benzene rings is 1. The maximum Gasteiger partial charge on any atom is 0.0602 e. The van der Waals surface area contributed by atoms with E-state index in [1.807, 2.05) is 12.1 Å². The van der Waals surface area contributed by atoms with Crippen molar-refractivity contribution in [1.29, 1.82) is 0 Å². The predicted molar refractivity (Wildman–Crippen MR) is 84.5 cm³/mol. The Labute approximate surface area is 118 Å². The van der Waals surface area contributed by atoms with Gasteiger partial charge in [0.2, 0.25) is 0 Å². The molecule has 0 amide bonds. The Hall–Kier alpha value is -1.18. The van der Waals surface area contributed by atoms with E-state index in [1.54, 1.807) is 0 Å². The van der Waals surface area contributed by atoms with Crippen molar-refractivity contribution in [3.8, 4) is 0 Å². The minimum Gasteiger partial charge on any atom is -0.397 e. The summed E-state index contributed by atoms with van der Waals surface area (Å²) in [4.78, 5) is 2.59. The van der Waals surface area contributed by atoms with Gasteiger partial charge >= 0.3 is 0 Å². The molecule has 106 valence electrons. The van der Waals surface area contributed by atoms with Crippen LogP contribution in [0.4, 0.5) is 11.4 Å². The SMILES string of the molecule is CCCN(c1ccccc1N)C1CCCCC1CC. The molecular formula is C17H28N2. The van der Waals surface area contributed by atoms with Crippen molar-refractivity contribution in [3.05, 3.63) is 24.3 Å². The zero-order valence-electron chi connectivity index (χ0n) is 12.4. The molecule has 0 heterocycles. The molecule has 2 rings (SSSR count). The fourth-order valence-corrected chi connectivity index (χ4v) is 3.53. The number of nitrogens with zero attached hydrogens (tertiary/aromatic N) is 1. The quantitative estimate of drug-likeness (QED) is 0.792. The summed E-state index contributed by atoms with van der Waals surface area (Å²) < 4.78 is 0. The van der Waals surface area contributed by atoms with Crippen molar-refractivity contribution in [2.24, 2.45) is 5.92 Å². The molecule has 0 saturated heterocycles. The van der Waals surface area contributed by atoms with Crippen LogP contribution >= 0.6 is 0 Å². The molecule has 1 aromatic carbocycles. The molecule has 0 aromatic heterocycles. The summed E-state index contributed by atoms with van der Waals surface area (Å²) >= 11 is 0. The lowest BCUT2D eigenvalue weighted by Gasteiger charge is -2.41. The normalized spacial score (nSPS) is 23.3. The van der Waals surface area contributed by atoms with Gasteiger partial charge in [-0.1, -0.05) is 45.2 Å². The van der Waals surface area contributed by atoms with Gasteiger partial charge in [0, 0.05) is 12.6 Å². The van der Waals surface area contributed by atoms with Gasteiger partial charge in [-0.15, -0.1) is 0 Å². The summed E-state index contributed by atoms with van der Waals surface area (Å²) in [5, 5.41) is 0. The van der Waals surface area contributed by atoms with Gasteiger partial charge in [0.05, 0.1) is 11.4 Å². The second-order valence-electron chi connectivity index (χ2n) is 5.77. The molecule has 1 aromatic rings. The maximum absolute atomic E-state index is 6.20. The largest absolute Gasteiger partial charge is 0.397 e. The number of nitrogens with two attached hydrogens (primary N) is 1. The maximum atomic E-state index is 6.20. The third-order valence-corrected chi connectivity index (χ3v) is 4.50. The van der Waals surface area contributed by atoms with Crippen LogP contribution in [0.15, 0.2) is 24.3 Å². The highest BCUT2D eigenvalue weighted by molar-refractivity contribution is 5.67. The number of nitrogen functional groups attached to an aromatic ring is 1. The minimum absolute atomic E-state index is 0.684. The number of hydrogen-bond donors (Lipinski definition) is 1. The van der Waals surface area contributed by atoms with Crippen LogP contribution in [0.25, 0.3) is 0 Å². The van der Waals surface area contributed by atoms with Crippen LogP contribution in [-0.4, -0.2) is 12.6 Å². The lowest BCUT2D eigenvalue weighted by atomic mass is 9.81. The van der Waals surface area contributed by atoms with Crippen LogP contribution in [0.3, 0.4) is 0 Å². The molecule has 2 atom stereocenters. The Morgan fingerprint density at radius 3 is 2.58 bits per heavy atom.